The van der Waals surface area contributed by atoms with Crippen molar-refractivity contribution in [2.75, 3.05) is 0 Å². The van der Waals surface area contributed by atoms with Crippen LogP contribution < -0.4 is 0 Å². The summed E-state index contributed by atoms with van der Waals surface area (Å²) >= 11 is 27.7. The molecule has 3 aliphatic carbocycles. The van der Waals surface area contributed by atoms with Crippen LogP contribution in [0.5, 0.6) is 0 Å². The van der Waals surface area contributed by atoms with Crippen LogP contribution in [0.4, 0.5) is 0 Å². The number of rotatable bonds is 0. The van der Waals surface area contributed by atoms with Crippen molar-refractivity contribution in [3.63, 3.8) is 0 Å². The van der Waals surface area contributed by atoms with Gasteiger partial charge in [0.15, 0.2) is 0 Å². The summed E-state index contributed by atoms with van der Waals surface area (Å²) in [6, 6.07) is 12.9. The molecule has 0 aromatic heterocycles. The predicted molar refractivity (Wildman–Crippen MR) is 125 cm³/mol. The second-order valence-corrected chi connectivity index (χ2v) is 9.67. The molecule has 0 unspecified atom stereocenters. The summed E-state index contributed by atoms with van der Waals surface area (Å²) in [7, 11) is 0. The summed E-state index contributed by atoms with van der Waals surface area (Å²) in [5.74, 6) is 0.277. The van der Waals surface area contributed by atoms with Gasteiger partial charge in [0.25, 0.3) is 0 Å². The van der Waals surface area contributed by atoms with Gasteiger partial charge < -0.3 is 0 Å². The van der Waals surface area contributed by atoms with Crippen molar-refractivity contribution in [2.24, 2.45) is 0 Å². The lowest BCUT2D eigenvalue weighted by molar-refractivity contribution is 0.731. The van der Waals surface area contributed by atoms with Crippen molar-refractivity contribution >= 4 is 75.8 Å². The molecule has 0 spiro atoms. The molecular formula is C20H14S6. The van der Waals surface area contributed by atoms with Crippen LogP contribution in [0.1, 0.15) is 45.2 Å². The topological polar surface area (TPSA) is 0 Å². The molecular weight excluding hydrogens is 433 g/mol. The van der Waals surface area contributed by atoms with Crippen molar-refractivity contribution in [1.82, 2.24) is 0 Å². The second kappa shape index (κ2) is 6.13. The van der Waals surface area contributed by atoms with Crippen molar-refractivity contribution in [3.8, 4) is 0 Å². The van der Waals surface area contributed by atoms with Crippen molar-refractivity contribution in [1.29, 1.82) is 0 Å². The third-order valence-corrected chi connectivity index (χ3v) is 8.16. The number of thiol groups is 6. The lowest BCUT2D eigenvalue weighted by Gasteiger charge is -2.43. The molecule has 2 bridgehead atoms. The molecule has 0 atom stereocenters. The lowest BCUT2D eigenvalue weighted by atomic mass is 9.61. The number of hydrogen-bond donors (Lipinski definition) is 6. The summed E-state index contributed by atoms with van der Waals surface area (Å²) in [6.45, 7) is 0. The van der Waals surface area contributed by atoms with Crippen molar-refractivity contribution in [2.45, 2.75) is 41.2 Å². The Kier molecular flexibility index (Phi) is 4.20. The fraction of sp³-hybridized carbons (Fsp3) is 0.100. The molecule has 3 aliphatic rings. The molecule has 6 heteroatoms. The van der Waals surface area contributed by atoms with Gasteiger partial charge >= 0.3 is 0 Å². The summed E-state index contributed by atoms with van der Waals surface area (Å²) in [4.78, 5) is 5.40. The molecule has 0 heterocycles. The van der Waals surface area contributed by atoms with Gasteiger partial charge in [-0.2, -0.15) is 0 Å². The van der Waals surface area contributed by atoms with Crippen LogP contribution in [0.2, 0.25) is 0 Å². The first-order valence-corrected chi connectivity index (χ1v) is 10.7. The summed E-state index contributed by atoms with van der Waals surface area (Å²) in [5.41, 5.74) is 7.73. The van der Waals surface area contributed by atoms with E-state index in [4.69, 9.17) is 0 Å². The Morgan fingerprint density at radius 1 is 0.346 bits per heavy atom. The van der Waals surface area contributed by atoms with E-state index < -0.39 is 0 Å². The Bertz CT molecular complexity index is 890. The second-order valence-electron chi connectivity index (χ2n) is 6.78. The molecule has 0 saturated carbocycles. The van der Waals surface area contributed by atoms with Gasteiger partial charge in [-0.15, -0.1) is 75.8 Å². The van der Waals surface area contributed by atoms with Gasteiger partial charge in [-0.25, -0.2) is 0 Å². The fourth-order valence-corrected chi connectivity index (χ4v) is 5.55. The molecule has 0 aliphatic heterocycles. The molecule has 130 valence electrons. The zero-order valence-electron chi connectivity index (χ0n) is 13.3. The first-order chi connectivity index (χ1) is 12.4. The molecule has 0 amide bonds. The molecule has 3 aromatic rings. The Morgan fingerprint density at radius 2 is 0.500 bits per heavy atom. The predicted octanol–water partition coefficient (Wildman–Crippen LogP) is 6.41. The third-order valence-electron chi connectivity index (χ3n) is 5.41. The highest BCUT2D eigenvalue weighted by Crippen LogP contribution is 2.58. The maximum absolute atomic E-state index is 4.61. The van der Waals surface area contributed by atoms with Gasteiger partial charge in [-0.1, -0.05) is 0 Å². The van der Waals surface area contributed by atoms with E-state index in [2.05, 4.69) is 112 Å². The van der Waals surface area contributed by atoms with Crippen LogP contribution in [-0.2, 0) is 0 Å². The van der Waals surface area contributed by atoms with Crippen LogP contribution >= 0.6 is 75.8 Å². The van der Waals surface area contributed by atoms with E-state index >= 15 is 0 Å². The maximum Gasteiger partial charge on any atom is 0.0350 e. The molecule has 6 rings (SSSR count). The number of hydrogen-bond acceptors (Lipinski definition) is 6. The summed E-state index contributed by atoms with van der Waals surface area (Å²) < 4.78 is 0. The SMILES string of the molecule is Sc1cc2c(cc1S)C1c3cc(S)c(S)cc3C2c2cc(S)c(S)cc21. The highest BCUT2D eigenvalue weighted by Gasteiger charge is 2.42. The summed E-state index contributed by atoms with van der Waals surface area (Å²) in [5, 5.41) is 0. The maximum atomic E-state index is 4.61. The van der Waals surface area contributed by atoms with Crippen LogP contribution in [0.3, 0.4) is 0 Å². The first kappa shape index (κ1) is 17.8. The van der Waals surface area contributed by atoms with Crippen LogP contribution in [0.15, 0.2) is 65.8 Å². The highest BCUT2D eigenvalue weighted by atomic mass is 32.1. The van der Waals surface area contributed by atoms with Gasteiger partial charge in [-0.3, -0.25) is 0 Å². The molecule has 3 aromatic carbocycles. The minimum absolute atomic E-state index is 0.138. The van der Waals surface area contributed by atoms with Crippen LogP contribution in [-0.4, -0.2) is 0 Å². The van der Waals surface area contributed by atoms with Crippen LogP contribution in [0.25, 0.3) is 0 Å². The smallest absolute Gasteiger partial charge is 0.0350 e. The first-order valence-electron chi connectivity index (χ1n) is 8.04. The van der Waals surface area contributed by atoms with E-state index in [1.165, 1.54) is 33.4 Å². The molecule has 0 nitrogen and oxygen atoms in total. The average Bonchev–Trinajstić information content (AvgIpc) is 2.58. The molecule has 0 saturated heterocycles. The Balaban J connectivity index is 1.91. The lowest BCUT2D eigenvalue weighted by Crippen LogP contribution is -2.28. The number of benzene rings is 3. The zero-order chi connectivity index (χ0) is 18.3. The van der Waals surface area contributed by atoms with Gasteiger partial charge in [0.1, 0.15) is 0 Å². The van der Waals surface area contributed by atoms with E-state index in [0.717, 1.165) is 29.4 Å². The largest absolute Gasteiger partial charge is 0.142 e. The van der Waals surface area contributed by atoms with Crippen LogP contribution in [0, 0.1) is 0 Å². The average molecular weight is 447 g/mol. The molecule has 0 radical (unpaired) electrons. The van der Waals surface area contributed by atoms with E-state index in [1.54, 1.807) is 0 Å². The zero-order valence-corrected chi connectivity index (χ0v) is 18.7. The van der Waals surface area contributed by atoms with Crippen molar-refractivity contribution in [3.05, 3.63) is 69.8 Å². The highest BCUT2D eigenvalue weighted by molar-refractivity contribution is 7.84. The van der Waals surface area contributed by atoms with E-state index in [1.807, 2.05) is 0 Å². The third kappa shape index (κ3) is 2.39. The van der Waals surface area contributed by atoms with Gasteiger partial charge in [0.05, 0.1) is 0 Å². The van der Waals surface area contributed by atoms with Gasteiger partial charge in [-0.05, 0) is 69.8 Å². The van der Waals surface area contributed by atoms with Crippen molar-refractivity contribution < 1.29 is 0 Å². The quantitative estimate of drug-likeness (QED) is 0.146. The monoisotopic (exact) mass is 446 g/mol. The normalized spacial score (nSPS) is 19.2. The Morgan fingerprint density at radius 3 is 0.654 bits per heavy atom. The standard InChI is InChI=1S/C20H14S6/c21-13-1-7-8(2-14(13)22)20-11-5-17(25)15(23)3-9(11)19(7)10-4-16(24)18(26)6-12(10)20/h1-6,19-26H. The fourth-order valence-electron chi connectivity index (χ4n) is 4.33. The minimum atomic E-state index is 0.138. The Hall–Kier alpha value is -0.240. The molecule has 0 fully saturated rings. The van der Waals surface area contributed by atoms with E-state index in [-0.39, 0.29) is 11.8 Å². The van der Waals surface area contributed by atoms with Gasteiger partial charge in [0, 0.05) is 41.2 Å². The molecule has 0 N–H and O–H groups in total. The minimum Gasteiger partial charge on any atom is -0.142 e. The summed E-state index contributed by atoms with van der Waals surface area (Å²) in [6.07, 6.45) is 0. The molecule has 26 heavy (non-hydrogen) atoms. The van der Waals surface area contributed by atoms with Gasteiger partial charge in [0.2, 0.25) is 0 Å². The van der Waals surface area contributed by atoms with E-state index in [0.29, 0.717) is 0 Å². The Labute approximate surface area is 185 Å². The van der Waals surface area contributed by atoms with E-state index in [9.17, 15) is 0 Å².